The standard InChI is InChI=1S/C18H17N3O6/c22-16(11-27-18(24)13-5-1-2-6-15(13)21(25)26)12-9-14(19-10-12)17(23)20-7-3-4-8-20/h1-2,5-6,9-10,19H,3-4,7-8,11H2. The van der Waals surface area contributed by atoms with Crippen molar-refractivity contribution in [2.24, 2.45) is 0 Å². The van der Waals surface area contributed by atoms with E-state index in [1.54, 1.807) is 4.90 Å². The number of esters is 1. The van der Waals surface area contributed by atoms with Gasteiger partial charge in [0, 0.05) is 30.9 Å². The molecule has 1 N–H and O–H groups in total. The monoisotopic (exact) mass is 371 g/mol. The van der Waals surface area contributed by atoms with Gasteiger partial charge in [0.1, 0.15) is 11.3 Å². The van der Waals surface area contributed by atoms with Crippen molar-refractivity contribution < 1.29 is 24.0 Å². The summed E-state index contributed by atoms with van der Waals surface area (Å²) in [5.41, 5.74) is -0.123. The SMILES string of the molecule is O=C(COC(=O)c1ccccc1[N+](=O)[O-])c1c[nH]c(C(=O)N2CCCC2)c1. The lowest BCUT2D eigenvalue weighted by Crippen LogP contribution is -2.27. The first-order valence-corrected chi connectivity index (χ1v) is 8.39. The number of aromatic nitrogens is 1. The number of Topliss-reactive ketones (excluding diaryl/α,β-unsaturated/α-hetero) is 1. The molecule has 1 aromatic carbocycles. The highest BCUT2D eigenvalue weighted by Gasteiger charge is 2.24. The average Bonchev–Trinajstić information content (AvgIpc) is 3.37. The Hall–Kier alpha value is -3.49. The number of para-hydroxylation sites is 1. The number of hydrogen-bond acceptors (Lipinski definition) is 6. The van der Waals surface area contributed by atoms with Gasteiger partial charge in [0.2, 0.25) is 5.78 Å². The number of rotatable bonds is 6. The van der Waals surface area contributed by atoms with Crippen molar-refractivity contribution >= 4 is 23.3 Å². The van der Waals surface area contributed by atoms with Crippen molar-refractivity contribution in [1.82, 2.24) is 9.88 Å². The highest BCUT2D eigenvalue weighted by atomic mass is 16.6. The summed E-state index contributed by atoms with van der Waals surface area (Å²) in [6.45, 7) is 0.795. The minimum atomic E-state index is -0.959. The predicted octanol–water partition coefficient (Wildman–Crippen LogP) is 2.20. The van der Waals surface area contributed by atoms with Crippen molar-refractivity contribution in [3.63, 3.8) is 0 Å². The number of aromatic amines is 1. The molecular formula is C18H17N3O6. The Morgan fingerprint density at radius 3 is 2.59 bits per heavy atom. The molecule has 2 heterocycles. The summed E-state index contributed by atoms with van der Waals surface area (Å²) in [5.74, 6) is -1.65. The Kier molecular flexibility index (Phi) is 5.30. The van der Waals surface area contributed by atoms with E-state index in [0.717, 1.165) is 12.8 Å². The number of likely N-dealkylation sites (tertiary alicyclic amines) is 1. The first-order chi connectivity index (χ1) is 13.0. The largest absolute Gasteiger partial charge is 0.454 e. The number of nitro benzene ring substituents is 1. The van der Waals surface area contributed by atoms with Crippen molar-refractivity contribution in [2.75, 3.05) is 19.7 Å². The summed E-state index contributed by atoms with van der Waals surface area (Å²) in [6.07, 6.45) is 3.30. The number of H-pyrrole nitrogens is 1. The number of carbonyl (C=O) groups is 3. The zero-order chi connectivity index (χ0) is 19.4. The second-order valence-electron chi connectivity index (χ2n) is 6.07. The molecule has 0 spiro atoms. The van der Waals surface area contributed by atoms with Crippen LogP contribution in [0.3, 0.4) is 0 Å². The van der Waals surface area contributed by atoms with Crippen molar-refractivity contribution in [3.05, 3.63) is 63.5 Å². The van der Waals surface area contributed by atoms with Crippen molar-refractivity contribution in [1.29, 1.82) is 0 Å². The van der Waals surface area contributed by atoms with E-state index in [4.69, 9.17) is 4.74 Å². The molecular weight excluding hydrogens is 354 g/mol. The molecule has 0 unspecified atom stereocenters. The molecule has 0 bridgehead atoms. The number of hydrogen-bond donors (Lipinski definition) is 1. The van der Waals surface area contributed by atoms with Gasteiger partial charge in [0.05, 0.1) is 4.92 Å². The lowest BCUT2D eigenvalue weighted by Gasteiger charge is -2.13. The smallest absolute Gasteiger partial charge is 0.345 e. The fraction of sp³-hybridized carbons (Fsp3) is 0.278. The number of nitro groups is 1. The number of nitrogens with zero attached hydrogens (tertiary/aromatic N) is 2. The molecule has 0 atom stereocenters. The number of nitrogens with one attached hydrogen (secondary N) is 1. The van der Waals surface area contributed by atoms with Gasteiger partial charge in [0.15, 0.2) is 6.61 Å². The third-order valence-corrected chi connectivity index (χ3v) is 4.28. The van der Waals surface area contributed by atoms with E-state index < -0.39 is 29.0 Å². The lowest BCUT2D eigenvalue weighted by molar-refractivity contribution is -0.385. The molecule has 1 aromatic heterocycles. The van der Waals surface area contributed by atoms with Gasteiger partial charge in [-0.25, -0.2) is 4.79 Å². The summed E-state index contributed by atoms with van der Waals surface area (Å²) in [5, 5.41) is 11.0. The summed E-state index contributed by atoms with van der Waals surface area (Å²) in [6, 6.07) is 6.75. The first-order valence-electron chi connectivity index (χ1n) is 8.39. The summed E-state index contributed by atoms with van der Waals surface area (Å²) < 4.78 is 4.90. The molecule has 9 nitrogen and oxygen atoms in total. The van der Waals surface area contributed by atoms with E-state index in [9.17, 15) is 24.5 Å². The van der Waals surface area contributed by atoms with Crippen LogP contribution in [0.25, 0.3) is 0 Å². The van der Waals surface area contributed by atoms with Crippen LogP contribution in [0.15, 0.2) is 36.5 Å². The van der Waals surface area contributed by atoms with E-state index in [-0.39, 0.29) is 17.0 Å². The van der Waals surface area contributed by atoms with Gasteiger partial charge in [-0.1, -0.05) is 12.1 Å². The molecule has 2 aromatic rings. The molecule has 140 valence electrons. The topological polar surface area (TPSA) is 123 Å². The fourth-order valence-corrected chi connectivity index (χ4v) is 2.87. The van der Waals surface area contributed by atoms with Gasteiger partial charge in [-0.15, -0.1) is 0 Å². The Morgan fingerprint density at radius 2 is 1.89 bits per heavy atom. The van der Waals surface area contributed by atoms with Gasteiger partial charge in [-0.05, 0) is 25.0 Å². The van der Waals surface area contributed by atoms with E-state index in [2.05, 4.69) is 4.98 Å². The predicted molar refractivity (Wildman–Crippen MR) is 93.6 cm³/mol. The summed E-state index contributed by atoms with van der Waals surface area (Å²) in [4.78, 5) is 51.2. The van der Waals surface area contributed by atoms with E-state index in [1.807, 2.05) is 0 Å². The van der Waals surface area contributed by atoms with Crippen LogP contribution in [-0.4, -0.2) is 52.2 Å². The second kappa shape index (κ2) is 7.81. The minimum Gasteiger partial charge on any atom is -0.454 e. The molecule has 1 aliphatic rings. The van der Waals surface area contributed by atoms with Gasteiger partial charge >= 0.3 is 5.97 Å². The number of carbonyl (C=O) groups excluding carboxylic acids is 3. The Labute approximate surface area is 154 Å². The normalized spacial score (nSPS) is 13.4. The van der Waals surface area contributed by atoms with Crippen LogP contribution in [0.1, 0.15) is 44.0 Å². The summed E-state index contributed by atoms with van der Waals surface area (Å²) >= 11 is 0. The van der Waals surface area contributed by atoms with Gasteiger partial charge in [-0.3, -0.25) is 19.7 Å². The third kappa shape index (κ3) is 4.02. The maximum Gasteiger partial charge on any atom is 0.345 e. The molecule has 9 heteroatoms. The fourth-order valence-electron chi connectivity index (χ4n) is 2.87. The highest BCUT2D eigenvalue weighted by Crippen LogP contribution is 2.19. The van der Waals surface area contributed by atoms with E-state index >= 15 is 0 Å². The Morgan fingerprint density at radius 1 is 1.19 bits per heavy atom. The van der Waals surface area contributed by atoms with Crippen LogP contribution in [-0.2, 0) is 4.74 Å². The van der Waals surface area contributed by atoms with Crippen molar-refractivity contribution in [3.8, 4) is 0 Å². The molecule has 0 radical (unpaired) electrons. The van der Waals surface area contributed by atoms with Gasteiger partial charge in [0.25, 0.3) is 11.6 Å². The van der Waals surface area contributed by atoms with Crippen LogP contribution in [0.4, 0.5) is 5.69 Å². The van der Waals surface area contributed by atoms with Gasteiger partial charge in [-0.2, -0.15) is 0 Å². The number of ether oxygens (including phenoxy) is 1. The molecule has 1 amide bonds. The quantitative estimate of drug-likeness (QED) is 0.359. The molecule has 27 heavy (non-hydrogen) atoms. The van der Waals surface area contributed by atoms with Gasteiger partial charge < -0.3 is 14.6 Å². The van der Waals surface area contributed by atoms with Crippen LogP contribution >= 0.6 is 0 Å². The van der Waals surface area contributed by atoms with E-state index in [0.29, 0.717) is 18.8 Å². The first kappa shape index (κ1) is 18.3. The van der Waals surface area contributed by atoms with Crippen molar-refractivity contribution in [2.45, 2.75) is 12.8 Å². The molecule has 3 rings (SSSR count). The van der Waals surface area contributed by atoms with Crippen LogP contribution in [0.2, 0.25) is 0 Å². The summed E-state index contributed by atoms with van der Waals surface area (Å²) in [7, 11) is 0. The maximum atomic E-state index is 12.3. The number of amides is 1. The second-order valence-corrected chi connectivity index (χ2v) is 6.07. The maximum absolute atomic E-state index is 12.3. The third-order valence-electron chi connectivity index (χ3n) is 4.28. The Bertz CT molecular complexity index is 898. The Balaban J connectivity index is 1.62. The zero-order valence-corrected chi connectivity index (χ0v) is 14.3. The highest BCUT2D eigenvalue weighted by molar-refractivity contribution is 6.02. The molecule has 1 saturated heterocycles. The number of ketones is 1. The average molecular weight is 371 g/mol. The zero-order valence-electron chi connectivity index (χ0n) is 14.3. The van der Waals surface area contributed by atoms with Crippen LogP contribution in [0, 0.1) is 10.1 Å². The molecule has 1 fully saturated rings. The molecule has 0 aliphatic carbocycles. The lowest BCUT2D eigenvalue weighted by atomic mass is 10.2. The van der Waals surface area contributed by atoms with Crippen LogP contribution < -0.4 is 0 Å². The van der Waals surface area contributed by atoms with E-state index in [1.165, 1.54) is 36.5 Å². The molecule has 1 aliphatic heterocycles. The molecule has 0 saturated carbocycles. The van der Waals surface area contributed by atoms with Crippen LogP contribution in [0.5, 0.6) is 0 Å². The minimum absolute atomic E-state index is 0.177. The number of benzene rings is 1.